The molecule has 0 spiro atoms. The summed E-state index contributed by atoms with van der Waals surface area (Å²) in [4.78, 5) is 0. The van der Waals surface area contributed by atoms with E-state index in [1.54, 1.807) is 24.3 Å². The first-order valence-corrected chi connectivity index (χ1v) is 7.86. The number of rotatable bonds is 8. The van der Waals surface area contributed by atoms with Crippen molar-refractivity contribution >= 4 is 15.7 Å². The molecule has 0 saturated carbocycles. The van der Waals surface area contributed by atoms with Crippen LogP contribution in [0.2, 0.25) is 0 Å². The van der Waals surface area contributed by atoms with Gasteiger partial charge >= 0.3 is 6.18 Å². The topological polar surface area (TPSA) is 81.4 Å². The minimum Gasteiger partial charge on any atom is -0.492 e. The lowest BCUT2D eigenvalue weighted by Gasteiger charge is -2.09. The summed E-state index contributed by atoms with van der Waals surface area (Å²) in [6.45, 7) is 0.0567. The monoisotopic (exact) mass is 326 g/mol. The van der Waals surface area contributed by atoms with Gasteiger partial charge in [-0.3, -0.25) is 0 Å². The average molecular weight is 326 g/mol. The molecule has 0 aliphatic rings. The zero-order valence-electron chi connectivity index (χ0n) is 11.2. The Balaban J connectivity index is 2.23. The predicted molar refractivity (Wildman–Crippen MR) is 73.4 cm³/mol. The number of nitrogen functional groups attached to an aromatic ring is 1. The summed E-state index contributed by atoms with van der Waals surface area (Å²) < 4.78 is 66.0. The maximum atomic E-state index is 11.9. The Labute approximate surface area is 121 Å². The van der Waals surface area contributed by atoms with Gasteiger partial charge < -0.3 is 10.5 Å². The second-order valence-electron chi connectivity index (χ2n) is 4.35. The van der Waals surface area contributed by atoms with E-state index in [0.717, 1.165) is 0 Å². The number of hydrogen-bond acceptors (Lipinski definition) is 4. The van der Waals surface area contributed by atoms with Crippen molar-refractivity contribution in [3.8, 4) is 5.75 Å². The molecule has 0 saturated heterocycles. The van der Waals surface area contributed by atoms with Crippen molar-refractivity contribution in [1.29, 1.82) is 0 Å². The van der Waals surface area contributed by atoms with E-state index in [-0.39, 0.29) is 13.2 Å². The number of alkyl halides is 3. The van der Waals surface area contributed by atoms with Crippen LogP contribution >= 0.6 is 0 Å². The van der Waals surface area contributed by atoms with E-state index in [4.69, 9.17) is 10.5 Å². The Bertz CT molecular complexity index is 530. The van der Waals surface area contributed by atoms with E-state index in [0.29, 0.717) is 11.4 Å². The summed E-state index contributed by atoms with van der Waals surface area (Å²) in [6, 6.07) is 6.54. The summed E-state index contributed by atoms with van der Waals surface area (Å²) in [5.41, 5.74) is 6.06. The van der Waals surface area contributed by atoms with E-state index in [1.807, 2.05) is 0 Å². The van der Waals surface area contributed by atoms with E-state index in [1.165, 1.54) is 0 Å². The standard InChI is InChI=1S/C12H17F3N2O3S/c13-12(14,15)6-1-9-21(18,19)17-7-8-20-11-4-2-10(16)3-5-11/h2-5,17H,1,6-9,16H2. The number of halogens is 3. The largest absolute Gasteiger partial charge is 0.492 e. The van der Waals surface area contributed by atoms with Gasteiger partial charge in [0.15, 0.2) is 0 Å². The van der Waals surface area contributed by atoms with Gasteiger partial charge in [0, 0.05) is 18.7 Å². The molecule has 1 rings (SSSR count). The fourth-order valence-electron chi connectivity index (χ4n) is 1.46. The molecule has 0 bridgehead atoms. The highest BCUT2D eigenvalue weighted by Gasteiger charge is 2.27. The van der Waals surface area contributed by atoms with Crippen LogP contribution in [0.15, 0.2) is 24.3 Å². The summed E-state index contributed by atoms with van der Waals surface area (Å²) in [7, 11) is -3.72. The van der Waals surface area contributed by atoms with Crippen molar-refractivity contribution in [2.75, 3.05) is 24.6 Å². The molecule has 0 aliphatic carbocycles. The quantitative estimate of drug-likeness (QED) is 0.565. The zero-order valence-corrected chi connectivity index (χ0v) is 12.0. The summed E-state index contributed by atoms with van der Waals surface area (Å²) >= 11 is 0. The SMILES string of the molecule is Nc1ccc(OCCNS(=O)(=O)CCCC(F)(F)F)cc1. The van der Waals surface area contributed by atoms with E-state index >= 15 is 0 Å². The minimum absolute atomic E-state index is 0.0152. The van der Waals surface area contributed by atoms with Crippen LogP contribution in [0.3, 0.4) is 0 Å². The molecule has 3 N–H and O–H groups in total. The van der Waals surface area contributed by atoms with Gasteiger partial charge in [-0.2, -0.15) is 13.2 Å². The second kappa shape index (κ2) is 7.51. The number of nitrogens with two attached hydrogens (primary N) is 1. The molecule has 1 aromatic rings. The van der Waals surface area contributed by atoms with Gasteiger partial charge in [-0.1, -0.05) is 0 Å². The van der Waals surface area contributed by atoms with Gasteiger partial charge in [0.25, 0.3) is 0 Å². The van der Waals surface area contributed by atoms with Gasteiger partial charge in [0.2, 0.25) is 10.0 Å². The average Bonchev–Trinajstić information content (AvgIpc) is 2.35. The highest BCUT2D eigenvalue weighted by atomic mass is 32.2. The molecular formula is C12H17F3N2O3S. The summed E-state index contributed by atoms with van der Waals surface area (Å²) in [5.74, 6) is -0.0329. The van der Waals surface area contributed by atoms with Crippen molar-refractivity contribution < 1.29 is 26.3 Å². The number of benzene rings is 1. The molecule has 0 radical (unpaired) electrons. The molecule has 0 aromatic heterocycles. The number of sulfonamides is 1. The molecule has 0 amide bonds. The van der Waals surface area contributed by atoms with Crippen molar-refractivity contribution in [1.82, 2.24) is 4.72 Å². The predicted octanol–water partition coefficient (Wildman–Crippen LogP) is 1.91. The van der Waals surface area contributed by atoms with Gasteiger partial charge in [-0.05, 0) is 30.7 Å². The van der Waals surface area contributed by atoms with Gasteiger partial charge in [-0.25, -0.2) is 13.1 Å². The molecule has 0 atom stereocenters. The summed E-state index contributed by atoms with van der Waals surface area (Å²) in [6.07, 6.45) is -5.92. The molecule has 5 nitrogen and oxygen atoms in total. The van der Waals surface area contributed by atoms with Gasteiger partial charge in [0.1, 0.15) is 12.4 Å². The first kappa shape index (κ1) is 17.6. The second-order valence-corrected chi connectivity index (χ2v) is 6.28. The molecular weight excluding hydrogens is 309 g/mol. The molecule has 1 aromatic carbocycles. The minimum atomic E-state index is -4.34. The van der Waals surface area contributed by atoms with E-state index in [2.05, 4.69) is 4.72 Å². The Hall–Kier alpha value is -1.48. The third-order valence-corrected chi connectivity index (χ3v) is 3.92. The third kappa shape index (κ3) is 8.41. The van der Waals surface area contributed by atoms with Gasteiger partial charge in [-0.15, -0.1) is 0 Å². The maximum Gasteiger partial charge on any atom is 0.389 e. The van der Waals surface area contributed by atoms with Crippen LogP contribution in [0, 0.1) is 0 Å². The number of hydrogen-bond donors (Lipinski definition) is 2. The Morgan fingerprint density at radius 3 is 2.38 bits per heavy atom. The van der Waals surface area contributed by atoms with E-state index in [9.17, 15) is 21.6 Å². The lowest BCUT2D eigenvalue weighted by molar-refractivity contribution is -0.134. The molecule has 0 unspecified atom stereocenters. The first-order chi connectivity index (χ1) is 9.68. The van der Waals surface area contributed by atoms with Crippen LogP contribution in [0.25, 0.3) is 0 Å². The molecule has 0 heterocycles. The van der Waals surface area contributed by atoms with Crippen LogP contribution in [0.4, 0.5) is 18.9 Å². The lowest BCUT2D eigenvalue weighted by atomic mass is 10.3. The fourth-order valence-corrected chi connectivity index (χ4v) is 2.53. The van der Waals surface area contributed by atoms with Crippen molar-refractivity contribution in [3.05, 3.63) is 24.3 Å². The highest BCUT2D eigenvalue weighted by molar-refractivity contribution is 7.89. The van der Waals surface area contributed by atoms with Crippen molar-refractivity contribution in [2.45, 2.75) is 19.0 Å². The van der Waals surface area contributed by atoms with Crippen molar-refractivity contribution in [3.63, 3.8) is 0 Å². The number of anilines is 1. The molecule has 0 fully saturated rings. The molecule has 0 aliphatic heterocycles. The van der Waals surface area contributed by atoms with Crippen LogP contribution < -0.4 is 15.2 Å². The van der Waals surface area contributed by atoms with Crippen LogP contribution in [-0.4, -0.2) is 33.5 Å². The Morgan fingerprint density at radius 2 is 1.81 bits per heavy atom. The summed E-state index contributed by atoms with van der Waals surface area (Å²) in [5, 5.41) is 0. The third-order valence-electron chi connectivity index (χ3n) is 2.45. The lowest BCUT2D eigenvalue weighted by Crippen LogP contribution is -2.30. The smallest absolute Gasteiger partial charge is 0.389 e. The highest BCUT2D eigenvalue weighted by Crippen LogP contribution is 2.21. The Morgan fingerprint density at radius 1 is 1.19 bits per heavy atom. The van der Waals surface area contributed by atoms with E-state index < -0.39 is 34.8 Å². The van der Waals surface area contributed by atoms with Crippen molar-refractivity contribution in [2.24, 2.45) is 0 Å². The number of ether oxygens (including phenoxy) is 1. The number of nitrogens with one attached hydrogen (secondary N) is 1. The fraction of sp³-hybridized carbons (Fsp3) is 0.500. The normalized spacial score (nSPS) is 12.3. The molecule has 9 heteroatoms. The van der Waals surface area contributed by atoms with Gasteiger partial charge in [0.05, 0.1) is 5.75 Å². The Kier molecular flexibility index (Phi) is 6.28. The van der Waals surface area contributed by atoms with Crippen LogP contribution in [-0.2, 0) is 10.0 Å². The van der Waals surface area contributed by atoms with Crippen LogP contribution in [0.1, 0.15) is 12.8 Å². The van der Waals surface area contributed by atoms with Crippen LogP contribution in [0.5, 0.6) is 5.75 Å². The first-order valence-electron chi connectivity index (χ1n) is 6.20. The molecule has 21 heavy (non-hydrogen) atoms. The zero-order chi connectivity index (χ0) is 15.9. The molecule has 120 valence electrons. The maximum absolute atomic E-state index is 11.9.